The predicted molar refractivity (Wildman–Crippen MR) is 123 cm³/mol. The first-order chi connectivity index (χ1) is 14.4. The standard InChI is InChI=1S/C22H25ClN4O2S/c1-13(20(28)24-16-10-6-5-9-15(16)23)27-18(12-26(2)3)25-21-19(22(27)29)14-8-4-7-11-17(14)30-21/h5-6,9-10,13H,4,7-8,11-12H2,1-3H3,(H,24,28). The summed E-state index contributed by atoms with van der Waals surface area (Å²) in [5.74, 6) is 0.299. The Hall–Kier alpha value is -2.22. The van der Waals surface area contributed by atoms with Crippen molar-refractivity contribution in [3.63, 3.8) is 0 Å². The van der Waals surface area contributed by atoms with E-state index < -0.39 is 6.04 Å². The molecule has 1 amide bonds. The molecule has 4 rings (SSSR count). The molecule has 3 aromatic rings. The number of hydrogen-bond acceptors (Lipinski definition) is 5. The molecule has 1 aliphatic carbocycles. The van der Waals surface area contributed by atoms with Crippen molar-refractivity contribution in [1.82, 2.24) is 14.5 Å². The number of nitrogens with zero attached hydrogens (tertiary/aromatic N) is 3. The molecule has 1 unspecified atom stereocenters. The number of thiophene rings is 1. The van der Waals surface area contributed by atoms with Crippen LogP contribution in [0, 0.1) is 0 Å². The normalized spacial score (nSPS) is 14.7. The van der Waals surface area contributed by atoms with Crippen LogP contribution < -0.4 is 10.9 Å². The van der Waals surface area contributed by atoms with E-state index in [1.165, 1.54) is 4.88 Å². The van der Waals surface area contributed by atoms with Gasteiger partial charge in [0.05, 0.1) is 22.6 Å². The fourth-order valence-corrected chi connectivity index (χ4v) is 5.42. The molecule has 1 aromatic carbocycles. The molecule has 2 aromatic heterocycles. The van der Waals surface area contributed by atoms with Gasteiger partial charge in [0.25, 0.3) is 5.56 Å². The summed E-state index contributed by atoms with van der Waals surface area (Å²) in [4.78, 5) is 35.5. The van der Waals surface area contributed by atoms with Crippen LogP contribution in [0.25, 0.3) is 10.2 Å². The van der Waals surface area contributed by atoms with Crippen LogP contribution in [0.15, 0.2) is 29.1 Å². The van der Waals surface area contributed by atoms with Crippen molar-refractivity contribution in [3.8, 4) is 0 Å². The summed E-state index contributed by atoms with van der Waals surface area (Å²) in [5, 5.41) is 4.00. The number of nitrogens with one attached hydrogen (secondary N) is 1. The maximum atomic E-state index is 13.6. The zero-order valence-corrected chi connectivity index (χ0v) is 18.9. The van der Waals surface area contributed by atoms with Crippen molar-refractivity contribution in [1.29, 1.82) is 0 Å². The summed E-state index contributed by atoms with van der Waals surface area (Å²) in [5.41, 5.74) is 1.53. The monoisotopic (exact) mass is 444 g/mol. The number of fused-ring (bicyclic) bond motifs is 3. The van der Waals surface area contributed by atoms with Crippen molar-refractivity contribution in [3.05, 3.63) is 55.9 Å². The zero-order chi connectivity index (χ0) is 21.4. The Bertz CT molecular complexity index is 1170. The third-order valence-corrected chi connectivity index (χ3v) is 6.97. The number of carbonyl (C=O) groups is 1. The van der Waals surface area contributed by atoms with E-state index in [0.717, 1.165) is 36.1 Å². The molecule has 0 saturated heterocycles. The second kappa shape index (κ2) is 8.49. The third-order valence-electron chi connectivity index (χ3n) is 5.45. The quantitative estimate of drug-likeness (QED) is 0.638. The topological polar surface area (TPSA) is 67.2 Å². The third kappa shape index (κ3) is 3.89. The summed E-state index contributed by atoms with van der Waals surface area (Å²) < 4.78 is 1.55. The minimum absolute atomic E-state index is 0.127. The number of anilines is 1. The Labute approximate surface area is 184 Å². The van der Waals surface area contributed by atoms with Gasteiger partial charge >= 0.3 is 0 Å². The molecule has 30 heavy (non-hydrogen) atoms. The highest BCUT2D eigenvalue weighted by molar-refractivity contribution is 7.18. The lowest BCUT2D eigenvalue weighted by Gasteiger charge is -2.21. The molecule has 6 nitrogen and oxygen atoms in total. The maximum absolute atomic E-state index is 13.6. The smallest absolute Gasteiger partial charge is 0.263 e. The molecule has 0 bridgehead atoms. The first-order valence-electron chi connectivity index (χ1n) is 10.1. The summed E-state index contributed by atoms with van der Waals surface area (Å²) in [6.07, 6.45) is 4.14. The summed E-state index contributed by atoms with van der Waals surface area (Å²) >= 11 is 7.82. The second-order valence-corrected chi connectivity index (χ2v) is 9.47. The fraction of sp³-hybridized carbons (Fsp3) is 0.409. The van der Waals surface area contributed by atoms with Crippen LogP contribution in [0.5, 0.6) is 0 Å². The first-order valence-corrected chi connectivity index (χ1v) is 11.3. The molecular formula is C22H25ClN4O2S. The van der Waals surface area contributed by atoms with Crippen molar-refractivity contribution in [2.45, 2.75) is 45.2 Å². The zero-order valence-electron chi connectivity index (χ0n) is 17.4. The minimum atomic E-state index is -0.722. The number of para-hydroxylation sites is 1. The molecule has 0 fully saturated rings. The maximum Gasteiger partial charge on any atom is 0.263 e. The van der Waals surface area contributed by atoms with E-state index in [4.69, 9.17) is 16.6 Å². The predicted octanol–water partition coefficient (Wildman–Crippen LogP) is 4.25. The van der Waals surface area contributed by atoms with Crippen LogP contribution in [0.1, 0.15) is 42.1 Å². The van der Waals surface area contributed by atoms with Crippen LogP contribution in [-0.4, -0.2) is 34.5 Å². The van der Waals surface area contributed by atoms with Crippen molar-refractivity contribution in [2.75, 3.05) is 19.4 Å². The molecule has 1 N–H and O–H groups in total. The van der Waals surface area contributed by atoms with Gasteiger partial charge in [0.2, 0.25) is 5.91 Å². The minimum Gasteiger partial charge on any atom is -0.323 e. The van der Waals surface area contributed by atoms with E-state index in [1.54, 1.807) is 47.1 Å². The van der Waals surface area contributed by atoms with Crippen LogP contribution in [0.3, 0.4) is 0 Å². The SMILES string of the molecule is CC(C(=O)Nc1ccccc1Cl)n1c(CN(C)C)nc2sc3c(c2c1=O)CCCC3. The molecule has 0 aliphatic heterocycles. The summed E-state index contributed by atoms with van der Waals surface area (Å²) in [7, 11) is 3.85. The lowest BCUT2D eigenvalue weighted by molar-refractivity contribution is -0.119. The van der Waals surface area contributed by atoms with E-state index in [1.807, 2.05) is 19.0 Å². The van der Waals surface area contributed by atoms with Gasteiger partial charge < -0.3 is 10.2 Å². The van der Waals surface area contributed by atoms with Crippen LogP contribution in [0.2, 0.25) is 5.02 Å². The number of benzene rings is 1. The second-order valence-electron chi connectivity index (χ2n) is 7.98. The highest BCUT2D eigenvalue weighted by atomic mass is 35.5. The van der Waals surface area contributed by atoms with E-state index in [0.29, 0.717) is 28.5 Å². The molecule has 0 saturated carbocycles. The molecular weight excluding hydrogens is 420 g/mol. The van der Waals surface area contributed by atoms with Gasteiger partial charge in [0.1, 0.15) is 16.7 Å². The van der Waals surface area contributed by atoms with Crippen LogP contribution in [0.4, 0.5) is 5.69 Å². The molecule has 1 aliphatic rings. The number of aromatic nitrogens is 2. The lowest BCUT2D eigenvalue weighted by atomic mass is 9.97. The van der Waals surface area contributed by atoms with Crippen molar-refractivity contribution in [2.24, 2.45) is 0 Å². The Morgan fingerprint density at radius 1 is 1.30 bits per heavy atom. The molecule has 0 spiro atoms. The van der Waals surface area contributed by atoms with Gasteiger partial charge in [0, 0.05) is 4.88 Å². The van der Waals surface area contributed by atoms with Crippen molar-refractivity contribution >= 4 is 44.7 Å². The van der Waals surface area contributed by atoms with E-state index >= 15 is 0 Å². The van der Waals surface area contributed by atoms with Gasteiger partial charge in [-0.3, -0.25) is 14.2 Å². The highest BCUT2D eigenvalue weighted by Crippen LogP contribution is 2.34. The Kier molecular flexibility index (Phi) is 5.95. The Morgan fingerprint density at radius 3 is 2.77 bits per heavy atom. The molecule has 1 atom stereocenters. The summed E-state index contributed by atoms with van der Waals surface area (Å²) in [6.45, 7) is 2.20. The highest BCUT2D eigenvalue weighted by Gasteiger charge is 2.26. The van der Waals surface area contributed by atoms with E-state index in [9.17, 15) is 9.59 Å². The number of halogens is 1. The summed E-state index contributed by atoms with van der Waals surface area (Å²) in [6, 6.07) is 6.35. The fourth-order valence-electron chi connectivity index (χ4n) is 3.97. The lowest BCUT2D eigenvalue weighted by Crippen LogP contribution is -2.36. The molecule has 158 valence electrons. The van der Waals surface area contributed by atoms with Crippen LogP contribution in [-0.2, 0) is 24.2 Å². The van der Waals surface area contributed by atoms with E-state index in [2.05, 4.69) is 5.32 Å². The van der Waals surface area contributed by atoms with Crippen molar-refractivity contribution < 1.29 is 4.79 Å². The molecule has 8 heteroatoms. The van der Waals surface area contributed by atoms with Gasteiger partial charge in [-0.25, -0.2) is 4.98 Å². The van der Waals surface area contributed by atoms with Gasteiger partial charge in [-0.2, -0.15) is 0 Å². The molecule has 2 heterocycles. The van der Waals surface area contributed by atoms with Gasteiger partial charge in [0.15, 0.2) is 0 Å². The van der Waals surface area contributed by atoms with Gasteiger partial charge in [-0.1, -0.05) is 23.7 Å². The molecule has 0 radical (unpaired) electrons. The number of amides is 1. The average molecular weight is 445 g/mol. The largest absolute Gasteiger partial charge is 0.323 e. The van der Waals surface area contributed by atoms with Crippen LogP contribution >= 0.6 is 22.9 Å². The number of hydrogen-bond donors (Lipinski definition) is 1. The first kappa shape index (κ1) is 21.0. The Morgan fingerprint density at radius 2 is 2.03 bits per heavy atom. The average Bonchev–Trinajstić information content (AvgIpc) is 3.07. The van der Waals surface area contributed by atoms with E-state index in [-0.39, 0.29) is 11.5 Å². The van der Waals surface area contributed by atoms with Gasteiger partial charge in [-0.05, 0) is 64.4 Å². The Balaban J connectivity index is 1.81. The number of carbonyl (C=O) groups excluding carboxylic acids is 1. The number of rotatable bonds is 5. The van der Waals surface area contributed by atoms with Gasteiger partial charge in [-0.15, -0.1) is 11.3 Å². The number of aryl methyl sites for hydroxylation is 2.